The fourth-order valence-corrected chi connectivity index (χ4v) is 1.74. The summed E-state index contributed by atoms with van der Waals surface area (Å²) >= 11 is 5.88. The number of hydrogen-bond donors (Lipinski definition) is 2. The van der Waals surface area contributed by atoms with Crippen LogP contribution in [0, 0.1) is 5.41 Å². The van der Waals surface area contributed by atoms with Gasteiger partial charge < -0.3 is 15.8 Å². The van der Waals surface area contributed by atoms with Gasteiger partial charge in [-0.3, -0.25) is 4.79 Å². The summed E-state index contributed by atoms with van der Waals surface area (Å²) < 4.78 is 5.67. The zero-order chi connectivity index (χ0) is 15.3. The van der Waals surface area contributed by atoms with Gasteiger partial charge in [0.2, 0.25) is 5.91 Å². The van der Waals surface area contributed by atoms with Crippen molar-refractivity contribution in [2.24, 2.45) is 11.1 Å². The Bertz CT molecular complexity index is 457. The van der Waals surface area contributed by atoms with Crippen LogP contribution >= 0.6 is 11.6 Å². The van der Waals surface area contributed by atoms with Crippen LogP contribution in [0.1, 0.15) is 27.7 Å². The van der Waals surface area contributed by atoms with Crippen molar-refractivity contribution in [2.75, 3.05) is 6.54 Å². The van der Waals surface area contributed by atoms with Crippen LogP contribution in [0.3, 0.4) is 0 Å². The molecule has 2 atom stereocenters. The number of benzene rings is 1. The molecule has 0 aliphatic heterocycles. The van der Waals surface area contributed by atoms with Crippen LogP contribution in [0.4, 0.5) is 0 Å². The first-order chi connectivity index (χ1) is 9.20. The number of halogens is 1. The van der Waals surface area contributed by atoms with E-state index in [-0.39, 0.29) is 17.4 Å². The Hall–Kier alpha value is -1.26. The second kappa shape index (κ2) is 6.95. The molecular weight excluding hydrogens is 276 g/mol. The van der Waals surface area contributed by atoms with Gasteiger partial charge in [-0.15, -0.1) is 0 Å². The molecule has 0 aromatic heterocycles. The number of carbonyl (C=O) groups is 1. The highest BCUT2D eigenvalue weighted by Gasteiger charge is 2.27. The van der Waals surface area contributed by atoms with Gasteiger partial charge in [-0.1, -0.05) is 38.4 Å². The average molecular weight is 299 g/mol. The number of rotatable bonds is 5. The van der Waals surface area contributed by atoms with Gasteiger partial charge in [0, 0.05) is 5.02 Å². The first-order valence-corrected chi connectivity index (χ1v) is 7.03. The maximum atomic E-state index is 11.9. The van der Waals surface area contributed by atoms with Gasteiger partial charge in [0.25, 0.3) is 0 Å². The molecule has 0 radical (unpaired) electrons. The van der Waals surface area contributed by atoms with Crippen molar-refractivity contribution in [1.82, 2.24) is 5.32 Å². The molecule has 1 aromatic carbocycles. The first kappa shape index (κ1) is 16.8. The molecule has 0 aliphatic carbocycles. The van der Waals surface area contributed by atoms with E-state index in [1.165, 1.54) is 0 Å². The minimum absolute atomic E-state index is 0.162. The second-order valence-electron chi connectivity index (χ2n) is 5.97. The molecule has 1 rings (SSSR count). The molecule has 0 aliphatic rings. The highest BCUT2D eigenvalue weighted by molar-refractivity contribution is 6.30. The van der Waals surface area contributed by atoms with Crippen molar-refractivity contribution in [2.45, 2.75) is 39.8 Å². The van der Waals surface area contributed by atoms with Gasteiger partial charge in [-0.25, -0.2) is 0 Å². The van der Waals surface area contributed by atoms with Crippen molar-refractivity contribution in [1.29, 1.82) is 0 Å². The Morgan fingerprint density at radius 2 is 2.10 bits per heavy atom. The van der Waals surface area contributed by atoms with E-state index in [0.717, 1.165) is 0 Å². The van der Waals surface area contributed by atoms with E-state index in [4.69, 9.17) is 22.1 Å². The molecule has 1 aromatic rings. The predicted octanol–water partition coefficient (Wildman–Crippen LogP) is 2.60. The van der Waals surface area contributed by atoms with Gasteiger partial charge in [-0.2, -0.15) is 0 Å². The van der Waals surface area contributed by atoms with Crippen molar-refractivity contribution < 1.29 is 9.53 Å². The van der Waals surface area contributed by atoms with Gasteiger partial charge in [0.1, 0.15) is 11.9 Å². The highest BCUT2D eigenvalue weighted by Crippen LogP contribution is 2.19. The van der Waals surface area contributed by atoms with Crippen LogP contribution in [0.15, 0.2) is 24.3 Å². The van der Waals surface area contributed by atoms with Crippen LogP contribution in [0.25, 0.3) is 0 Å². The number of nitrogens with one attached hydrogen (secondary N) is 1. The summed E-state index contributed by atoms with van der Waals surface area (Å²) in [5, 5.41) is 3.42. The minimum Gasteiger partial charge on any atom is -0.489 e. The maximum Gasteiger partial charge on any atom is 0.237 e. The Balaban J connectivity index is 2.44. The molecule has 1 unspecified atom stereocenters. The fourth-order valence-electron chi connectivity index (χ4n) is 1.56. The predicted molar refractivity (Wildman–Crippen MR) is 82.0 cm³/mol. The molecular formula is C15H23ClN2O2. The molecule has 1 amide bonds. The summed E-state index contributed by atoms with van der Waals surface area (Å²) in [6.07, 6.45) is -0.162. The standard InChI is InChI=1S/C15H23ClN2O2/c1-10(20-12-7-5-6-11(16)8-12)9-18-14(19)13(17)15(2,3)4/h5-8,10,13H,9,17H2,1-4H3,(H,18,19)/t10?,13-/m1/s1. The smallest absolute Gasteiger partial charge is 0.237 e. The van der Waals surface area contributed by atoms with Crippen molar-refractivity contribution in [3.05, 3.63) is 29.3 Å². The lowest BCUT2D eigenvalue weighted by molar-refractivity contribution is -0.124. The van der Waals surface area contributed by atoms with E-state index in [0.29, 0.717) is 17.3 Å². The number of ether oxygens (including phenoxy) is 1. The molecule has 4 nitrogen and oxygen atoms in total. The normalized spacial score (nSPS) is 14.5. The number of hydrogen-bond acceptors (Lipinski definition) is 3. The van der Waals surface area contributed by atoms with Crippen molar-refractivity contribution in [3.63, 3.8) is 0 Å². The molecule has 5 heteroatoms. The highest BCUT2D eigenvalue weighted by atomic mass is 35.5. The van der Waals surface area contributed by atoms with Gasteiger partial charge >= 0.3 is 0 Å². The molecule has 20 heavy (non-hydrogen) atoms. The van der Waals surface area contributed by atoms with E-state index in [1.54, 1.807) is 12.1 Å². The Morgan fingerprint density at radius 3 is 2.65 bits per heavy atom. The van der Waals surface area contributed by atoms with E-state index in [9.17, 15) is 4.79 Å². The van der Waals surface area contributed by atoms with Crippen LogP contribution in [-0.2, 0) is 4.79 Å². The van der Waals surface area contributed by atoms with Gasteiger partial charge in [0.05, 0.1) is 12.6 Å². The third kappa shape index (κ3) is 5.39. The second-order valence-corrected chi connectivity index (χ2v) is 6.41. The summed E-state index contributed by atoms with van der Waals surface area (Å²) in [6.45, 7) is 8.08. The molecule has 0 saturated carbocycles. The number of amides is 1. The zero-order valence-corrected chi connectivity index (χ0v) is 13.2. The lowest BCUT2D eigenvalue weighted by Gasteiger charge is -2.26. The third-order valence-corrected chi connectivity index (χ3v) is 3.15. The maximum absolute atomic E-state index is 11.9. The van der Waals surface area contributed by atoms with Gasteiger partial charge in [0.15, 0.2) is 0 Å². The monoisotopic (exact) mass is 298 g/mol. The minimum atomic E-state index is -0.541. The van der Waals surface area contributed by atoms with E-state index in [2.05, 4.69) is 5.32 Å². The average Bonchev–Trinajstić information content (AvgIpc) is 2.34. The van der Waals surface area contributed by atoms with E-state index < -0.39 is 6.04 Å². The Labute approximate surface area is 125 Å². The molecule has 112 valence electrons. The number of carbonyl (C=O) groups excluding carboxylic acids is 1. The van der Waals surface area contributed by atoms with Crippen LogP contribution in [-0.4, -0.2) is 24.6 Å². The molecule has 0 spiro atoms. The fraction of sp³-hybridized carbons (Fsp3) is 0.533. The SMILES string of the molecule is CC(CNC(=O)[C@@H](N)C(C)(C)C)Oc1cccc(Cl)c1. The largest absolute Gasteiger partial charge is 0.489 e. The first-order valence-electron chi connectivity index (χ1n) is 6.65. The lowest BCUT2D eigenvalue weighted by Crippen LogP contribution is -2.50. The molecule has 0 saturated heterocycles. The topological polar surface area (TPSA) is 64.4 Å². The zero-order valence-electron chi connectivity index (χ0n) is 12.4. The van der Waals surface area contributed by atoms with Crippen LogP contribution in [0.2, 0.25) is 5.02 Å². The van der Waals surface area contributed by atoms with Crippen LogP contribution < -0.4 is 15.8 Å². The van der Waals surface area contributed by atoms with Crippen molar-refractivity contribution in [3.8, 4) is 5.75 Å². The van der Waals surface area contributed by atoms with Gasteiger partial charge in [-0.05, 0) is 30.5 Å². The van der Waals surface area contributed by atoms with E-state index >= 15 is 0 Å². The third-order valence-electron chi connectivity index (χ3n) is 2.91. The summed E-state index contributed by atoms with van der Waals surface area (Å²) in [7, 11) is 0. The van der Waals surface area contributed by atoms with E-state index in [1.807, 2.05) is 39.8 Å². The van der Waals surface area contributed by atoms with Crippen molar-refractivity contribution >= 4 is 17.5 Å². The molecule has 0 bridgehead atoms. The summed E-state index contributed by atoms with van der Waals surface area (Å²) in [5.41, 5.74) is 5.62. The quantitative estimate of drug-likeness (QED) is 0.878. The summed E-state index contributed by atoms with van der Waals surface area (Å²) in [5.74, 6) is 0.512. The molecule has 3 N–H and O–H groups in total. The number of nitrogens with two attached hydrogens (primary N) is 1. The molecule has 0 heterocycles. The summed E-state index contributed by atoms with van der Waals surface area (Å²) in [6, 6.07) is 6.62. The summed E-state index contributed by atoms with van der Waals surface area (Å²) in [4.78, 5) is 11.9. The lowest BCUT2D eigenvalue weighted by atomic mass is 9.87. The van der Waals surface area contributed by atoms with Crippen LogP contribution in [0.5, 0.6) is 5.75 Å². The Morgan fingerprint density at radius 1 is 1.45 bits per heavy atom. The molecule has 0 fully saturated rings. The Kier molecular flexibility index (Phi) is 5.84.